The zero-order valence-corrected chi connectivity index (χ0v) is 12.1. The van der Waals surface area contributed by atoms with Crippen LogP contribution in [0.4, 0.5) is 0 Å². The Morgan fingerprint density at radius 3 is 2.22 bits per heavy atom. The van der Waals surface area contributed by atoms with Gasteiger partial charge in [-0.05, 0) is 17.7 Å². The first kappa shape index (κ1) is 14.6. The van der Waals surface area contributed by atoms with E-state index in [0.717, 1.165) is 10.9 Å². The smallest absolute Gasteiger partial charge is 0.308 e. The summed E-state index contributed by atoms with van der Waals surface area (Å²) in [5, 5.41) is 0.753. The molecule has 0 spiro atoms. The number of halogens is 1. The highest BCUT2D eigenvalue weighted by molar-refractivity contribution is 9.09. The van der Waals surface area contributed by atoms with Crippen LogP contribution in [0.5, 0.6) is 17.2 Å². The Hall–Kier alpha value is -1.49. The van der Waals surface area contributed by atoms with Gasteiger partial charge in [-0.2, -0.15) is 0 Å². The van der Waals surface area contributed by atoms with Crippen molar-refractivity contribution in [2.45, 2.75) is 6.92 Å². The van der Waals surface area contributed by atoms with Gasteiger partial charge in [0.15, 0.2) is 11.5 Å². The minimum absolute atomic E-state index is 0.295. The number of ether oxygens (including phenoxy) is 3. The van der Waals surface area contributed by atoms with Crippen molar-refractivity contribution in [1.29, 1.82) is 0 Å². The first-order chi connectivity index (χ1) is 8.62. The molecule has 5 heteroatoms. The molecule has 0 heterocycles. The fourth-order valence-corrected chi connectivity index (χ4v) is 1.61. The lowest BCUT2D eigenvalue weighted by molar-refractivity contribution is -0.132. The molecule has 98 valence electrons. The zero-order chi connectivity index (χ0) is 13.5. The maximum absolute atomic E-state index is 11.1. The van der Waals surface area contributed by atoms with Crippen LogP contribution in [0.2, 0.25) is 0 Å². The second-order valence-corrected chi connectivity index (χ2v) is 4.05. The molecule has 1 rings (SSSR count). The molecule has 0 aliphatic heterocycles. The van der Waals surface area contributed by atoms with Crippen molar-refractivity contribution in [3.05, 3.63) is 23.8 Å². The van der Waals surface area contributed by atoms with Crippen molar-refractivity contribution in [2.75, 3.05) is 19.5 Å². The zero-order valence-electron chi connectivity index (χ0n) is 10.5. The summed E-state index contributed by atoms with van der Waals surface area (Å²) in [6, 6.07) is 3.56. The van der Waals surface area contributed by atoms with Crippen LogP contribution >= 0.6 is 15.9 Å². The van der Waals surface area contributed by atoms with Crippen LogP contribution in [-0.2, 0) is 4.79 Å². The summed E-state index contributed by atoms with van der Waals surface area (Å²) >= 11 is 3.31. The number of esters is 1. The topological polar surface area (TPSA) is 44.8 Å². The van der Waals surface area contributed by atoms with Gasteiger partial charge >= 0.3 is 5.97 Å². The van der Waals surface area contributed by atoms with Crippen molar-refractivity contribution in [2.24, 2.45) is 0 Å². The van der Waals surface area contributed by atoms with Gasteiger partial charge in [0.25, 0.3) is 0 Å². The molecule has 0 amide bonds. The van der Waals surface area contributed by atoms with Crippen molar-refractivity contribution in [3.8, 4) is 17.2 Å². The van der Waals surface area contributed by atoms with Crippen molar-refractivity contribution in [1.82, 2.24) is 0 Å². The largest absolute Gasteiger partial charge is 0.493 e. The average Bonchev–Trinajstić information content (AvgIpc) is 2.36. The van der Waals surface area contributed by atoms with Crippen LogP contribution in [-0.4, -0.2) is 25.5 Å². The van der Waals surface area contributed by atoms with Crippen molar-refractivity contribution in [3.63, 3.8) is 0 Å². The molecule has 1 aromatic rings. The van der Waals surface area contributed by atoms with Crippen molar-refractivity contribution >= 4 is 28.0 Å². The van der Waals surface area contributed by atoms with Crippen LogP contribution in [0.25, 0.3) is 6.08 Å². The van der Waals surface area contributed by atoms with E-state index in [1.54, 1.807) is 12.1 Å². The number of allylic oxidation sites excluding steroid dienone is 1. The van der Waals surface area contributed by atoms with E-state index in [0.29, 0.717) is 17.2 Å². The maximum atomic E-state index is 11.1. The lowest BCUT2D eigenvalue weighted by atomic mass is 10.1. The highest BCUT2D eigenvalue weighted by atomic mass is 79.9. The van der Waals surface area contributed by atoms with Gasteiger partial charge in [-0.3, -0.25) is 4.79 Å². The quantitative estimate of drug-likeness (QED) is 0.476. The van der Waals surface area contributed by atoms with Gasteiger partial charge in [0.2, 0.25) is 5.75 Å². The van der Waals surface area contributed by atoms with Crippen LogP contribution in [0.1, 0.15) is 12.5 Å². The molecule has 0 aliphatic rings. The molecule has 0 atom stereocenters. The van der Waals surface area contributed by atoms with Gasteiger partial charge in [-0.1, -0.05) is 28.1 Å². The monoisotopic (exact) mass is 314 g/mol. The van der Waals surface area contributed by atoms with Crippen LogP contribution in [0.3, 0.4) is 0 Å². The number of alkyl halides is 1. The molecule has 0 saturated carbocycles. The van der Waals surface area contributed by atoms with E-state index in [9.17, 15) is 4.79 Å². The lowest BCUT2D eigenvalue weighted by Gasteiger charge is -2.13. The van der Waals surface area contributed by atoms with Gasteiger partial charge < -0.3 is 14.2 Å². The molecule has 0 bridgehead atoms. The van der Waals surface area contributed by atoms with Crippen molar-refractivity contribution < 1.29 is 19.0 Å². The highest BCUT2D eigenvalue weighted by Gasteiger charge is 2.15. The SMILES string of the molecule is COc1cc(/C=C/CBr)cc(OC)c1OC(C)=O. The number of hydrogen-bond donors (Lipinski definition) is 0. The Morgan fingerprint density at radius 1 is 1.28 bits per heavy atom. The molecule has 0 unspecified atom stereocenters. The van der Waals surface area contributed by atoms with E-state index in [1.165, 1.54) is 21.1 Å². The molecule has 0 N–H and O–H groups in total. The Balaban J connectivity index is 3.24. The third kappa shape index (κ3) is 3.77. The molecule has 1 aromatic carbocycles. The summed E-state index contributed by atoms with van der Waals surface area (Å²) in [6.07, 6.45) is 3.86. The second kappa shape index (κ2) is 7.06. The summed E-state index contributed by atoms with van der Waals surface area (Å²) in [4.78, 5) is 11.1. The molecular formula is C13H15BrO4. The number of carbonyl (C=O) groups is 1. The second-order valence-electron chi connectivity index (χ2n) is 3.40. The Labute approximate surface area is 115 Å². The summed E-state index contributed by atoms with van der Waals surface area (Å²) in [6.45, 7) is 1.33. The summed E-state index contributed by atoms with van der Waals surface area (Å²) < 4.78 is 15.5. The standard InChI is InChI=1S/C13H15BrO4/c1-9(15)18-13-11(16-2)7-10(5-4-6-14)8-12(13)17-3/h4-5,7-8H,6H2,1-3H3/b5-4+. The maximum Gasteiger partial charge on any atom is 0.308 e. The van der Waals surface area contributed by atoms with Gasteiger partial charge in [0.05, 0.1) is 14.2 Å². The van der Waals surface area contributed by atoms with E-state index in [2.05, 4.69) is 15.9 Å². The van der Waals surface area contributed by atoms with E-state index < -0.39 is 5.97 Å². The highest BCUT2D eigenvalue weighted by Crippen LogP contribution is 2.39. The van der Waals surface area contributed by atoms with E-state index in [-0.39, 0.29) is 0 Å². The summed E-state index contributed by atoms with van der Waals surface area (Å²) in [5.41, 5.74) is 0.902. The number of methoxy groups -OCH3 is 2. The molecule has 0 saturated heterocycles. The fraction of sp³-hybridized carbons (Fsp3) is 0.308. The minimum Gasteiger partial charge on any atom is -0.493 e. The predicted molar refractivity (Wildman–Crippen MR) is 73.7 cm³/mol. The van der Waals surface area contributed by atoms with Gasteiger partial charge in [-0.15, -0.1) is 0 Å². The molecule has 4 nitrogen and oxygen atoms in total. The minimum atomic E-state index is -0.421. The third-order valence-corrected chi connectivity index (χ3v) is 2.50. The third-order valence-electron chi connectivity index (χ3n) is 2.13. The molecule has 0 fully saturated rings. The molecule has 18 heavy (non-hydrogen) atoms. The summed E-state index contributed by atoms with van der Waals surface area (Å²) in [5.74, 6) is 0.788. The van der Waals surface area contributed by atoms with Gasteiger partial charge in [-0.25, -0.2) is 0 Å². The molecule has 0 aromatic heterocycles. The predicted octanol–water partition coefficient (Wildman–Crippen LogP) is 3.04. The van der Waals surface area contributed by atoms with Gasteiger partial charge in [0.1, 0.15) is 0 Å². The Kier molecular flexibility index (Phi) is 5.71. The van der Waals surface area contributed by atoms with Crippen LogP contribution in [0.15, 0.2) is 18.2 Å². The van der Waals surface area contributed by atoms with Crippen LogP contribution in [0, 0.1) is 0 Å². The number of hydrogen-bond acceptors (Lipinski definition) is 4. The normalized spacial score (nSPS) is 10.4. The molecule has 0 aliphatic carbocycles. The Morgan fingerprint density at radius 2 is 1.83 bits per heavy atom. The first-order valence-electron chi connectivity index (χ1n) is 5.29. The average molecular weight is 315 g/mol. The number of benzene rings is 1. The fourth-order valence-electron chi connectivity index (χ4n) is 1.42. The molecular weight excluding hydrogens is 300 g/mol. The summed E-state index contributed by atoms with van der Waals surface area (Å²) in [7, 11) is 3.03. The lowest BCUT2D eigenvalue weighted by Crippen LogP contribution is -2.05. The number of rotatable bonds is 5. The van der Waals surface area contributed by atoms with Crippen LogP contribution < -0.4 is 14.2 Å². The van der Waals surface area contributed by atoms with E-state index in [1.807, 2.05) is 12.2 Å². The molecule has 0 radical (unpaired) electrons. The van der Waals surface area contributed by atoms with Gasteiger partial charge in [0, 0.05) is 12.3 Å². The number of carbonyl (C=O) groups excluding carboxylic acids is 1. The first-order valence-corrected chi connectivity index (χ1v) is 6.41. The Bertz CT molecular complexity index is 429. The van der Waals surface area contributed by atoms with E-state index in [4.69, 9.17) is 14.2 Å². The van der Waals surface area contributed by atoms with E-state index >= 15 is 0 Å².